The van der Waals surface area contributed by atoms with Gasteiger partial charge in [-0.1, -0.05) is 47.1 Å². The Morgan fingerprint density at radius 2 is 1.93 bits per heavy atom. The van der Waals surface area contributed by atoms with E-state index in [4.69, 9.17) is 9.26 Å². The van der Waals surface area contributed by atoms with Crippen molar-refractivity contribution in [3.8, 4) is 17.1 Å². The maximum absolute atomic E-state index is 11.9. The van der Waals surface area contributed by atoms with Gasteiger partial charge in [-0.3, -0.25) is 4.79 Å². The van der Waals surface area contributed by atoms with Gasteiger partial charge in [0.2, 0.25) is 17.6 Å². The third kappa shape index (κ3) is 5.67. The molecule has 1 aromatic heterocycles. The van der Waals surface area contributed by atoms with Crippen molar-refractivity contribution in [1.82, 2.24) is 15.5 Å². The lowest BCUT2D eigenvalue weighted by Crippen LogP contribution is -2.28. The zero-order valence-corrected chi connectivity index (χ0v) is 15.6. The normalized spacial score (nSPS) is 10.6. The Bertz CT molecular complexity index is 888. The molecule has 2 aromatic carbocycles. The standard InChI is InChI=1S/C21H23N3O3/c1-15-6-8-17(9-7-15)21-23-20(27-24-21)11-10-19(25)22-12-13-26-18-5-3-4-16(2)14-18/h3-9,14H,10-13H2,1-2H3,(H,22,25). The molecule has 0 bridgehead atoms. The van der Waals surface area contributed by atoms with Gasteiger partial charge in [-0.05, 0) is 31.5 Å². The number of carbonyl (C=O) groups excluding carboxylic acids is 1. The number of aromatic nitrogens is 2. The van der Waals surface area contributed by atoms with Gasteiger partial charge in [0.15, 0.2) is 0 Å². The van der Waals surface area contributed by atoms with Gasteiger partial charge in [0.25, 0.3) is 0 Å². The van der Waals surface area contributed by atoms with Crippen LogP contribution in [-0.4, -0.2) is 29.2 Å². The molecule has 0 fully saturated rings. The average molecular weight is 365 g/mol. The summed E-state index contributed by atoms with van der Waals surface area (Å²) in [4.78, 5) is 16.3. The van der Waals surface area contributed by atoms with Crippen molar-refractivity contribution < 1.29 is 14.1 Å². The van der Waals surface area contributed by atoms with E-state index in [0.717, 1.165) is 16.9 Å². The number of hydrogen-bond acceptors (Lipinski definition) is 5. The summed E-state index contributed by atoms with van der Waals surface area (Å²) in [6.07, 6.45) is 0.698. The minimum absolute atomic E-state index is 0.0714. The molecule has 27 heavy (non-hydrogen) atoms. The van der Waals surface area contributed by atoms with E-state index in [-0.39, 0.29) is 5.91 Å². The molecule has 0 aliphatic rings. The van der Waals surface area contributed by atoms with Gasteiger partial charge in [0.05, 0.1) is 6.54 Å². The molecule has 0 aliphatic heterocycles. The first-order chi connectivity index (χ1) is 13.1. The van der Waals surface area contributed by atoms with Gasteiger partial charge in [-0.15, -0.1) is 0 Å². The van der Waals surface area contributed by atoms with Crippen LogP contribution < -0.4 is 10.1 Å². The molecule has 3 aromatic rings. The van der Waals surface area contributed by atoms with Crippen LogP contribution in [0.4, 0.5) is 0 Å². The second kappa shape index (κ2) is 8.98. The molecule has 0 saturated carbocycles. The first kappa shape index (κ1) is 18.6. The molecule has 6 heteroatoms. The number of carbonyl (C=O) groups is 1. The number of rotatable bonds is 8. The summed E-state index contributed by atoms with van der Waals surface area (Å²) >= 11 is 0. The molecule has 1 amide bonds. The predicted octanol–water partition coefficient (Wildman–Crippen LogP) is 3.48. The monoisotopic (exact) mass is 365 g/mol. The molecule has 0 atom stereocenters. The van der Waals surface area contributed by atoms with E-state index < -0.39 is 0 Å². The van der Waals surface area contributed by atoms with Gasteiger partial charge in [-0.25, -0.2) is 0 Å². The average Bonchev–Trinajstić information content (AvgIpc) is 3.13. The van der Waals surface area contributed by atoms with Gasteiger partial charge in [-0.2, -0.15) is 4.98 Å². The zero-order chi connectivity index (χ0) is 19.1. The fourth-order valence-corrected chi connectivity index (χ4v) is 2.55. The Morgan fingerprint density at radius 3 is 2.70 bits per heavy atom. The lowest BCUT2D eigenvalue weighted by molar-refractivity contribution is -0.121. The first-order valence-electron chi connectivity index (χ1n) is 8.96. The highest BCUT2D eigenvalue weighted by atomic mass is 16.5. The second-order valence-corrected chi connectivity index (χ2v) is 6.39. The molecule has 6 nitrogen and oxygen atoms in total. The van der Waals surface area contributed by atoms with E-state index in [1.54, 1.807) is 0 Å². The minimum atomic E-state index is -0.0714. The smallest absolute Gasteiger partial charge is 0.227 e. The molecule has 0 saturated heterocycles. The Morgan fingerprint density at radius 1 is 1.11 bits per heavy atom. The van der Waals surface area contributed by atoms with Crippen molar-refractivity contribution in [2.45, 2.75) is 26.7 Å². The van der Waals surface area contributed by atoms with Crippen molar-refractivity contribution >= 4 is 5.91 Å². The Kier molecular flexibility index (Phi) is 6.20. The van der Waals surface area contributed by atoms with Crippen LogP contribution in [0.5, 0.6) is 5.75 Å². The number of hydrogen-bond donors (Lipinski definition) is 1. The number of ether oxygens (including phenoxy) is 1. The first-order valence-corrected chi connectivity index (χ1v) is 8.96. The second-order valence-electron chi connectivity index (χ2n) is 6.39. The predicted molar refractivity (Wildman–Crippen MR) is 102 cm³/mol. The molecule has 0 unspecified atom stereocenters. The summed E-state index contributed by atoms with van der Waals surface area (Å²) in [5, 5.41) is 6.80. The number of amides is 1. The Balaban J connectivity index is 1.38. The van der Waals surface area contributed by atoms with Gasteiger partial charge in [0.1, 0.15) is 12.4 Å². The molecular weight excluding hydrogens is 342 g/mol. The third-order valence-corrected chi connectivity index (χ3v) is 4.03. The van der Waals surface area contributed by atoms with E-state index in [9.17, 15) is 4.79 Å². The van der Waals surface area contributed by atoms with Gasteiger partial charge >= 0.3 is 0 Å². The maximum atomic E-state index is 11.9. The van der Waals surface area contributed by atoms with Crippen LogP contribution in [0.3, 0.4) is 0 Å². The van der Waals surface area contributed by atoms with E-state index in [0.29, 0.717) is 37.7 Å². The fourth-order valence-electron chi connectivity index (χ4n) is 2.55. The van der Waals surface area contributed by atoms with E-state index >= 15 is 0 Å². The van der Waals surface area contributed by atoms with Crippen LogP contribution in [0, 0.1) is 13.8 Å². The molecule has 0 aliphatic carbocycles. The number of benzene rings is 2. The molecular formula is C21H23N3O3. The van der Waals surface area contributed by atoms with Gasteiger partial charge in [0, 0.05) is 18.4 Å². The molecule has 140 valence electrons. The Hall–Kier alpha value is -3.15. The summed E-state index contributed by atoms with van der Waals surface area (Å²) in [6.45, 7) is 4.91. The van der Waals surface area contributed by atoms with Crippen LogP contribution in [-0.2, 0) is 11.2 Å². The van der Waals surface area contributed by atoms with Crippen LogP contribution in [0.1, 0.15) is 23.4 Å². The summed E-state index contributed by atoms with van der Waals surface area (Å²) in [7, 11) is 0. The zero-order valence-electron chi connectivity index (χ0n) is 15.6. The van der Waals surface area contributed by atoms with E-state index in [1.807, 2.05) is 62.4 Å². The van der Waals surface area contributed by atoms with E-state index in [2.05, 4.69) is 15.5 Å². The van der Waals surface area contributed by atoms with Gasteiger partial charge < -0.3 is 14.6 Å². The van der Waals surface area contributed by atoms with Crippen LogP contribution in [0.2, 0.25) is 0 Å². The molecule has 0 radical (unpaired) electrons. The third-order valence-electron chi connectivity index (χ3n) is 4.03. The summed E-state index contributed by atoms with van der Waals surface area (Å²) in [6, 6.07) is 15.7. The minimum Gasteiger partial charge on any atom is -0.492 e. The van der Waals surface area contributed by atoms with Crippen LogP contribution in [0.25, 0.3) is 11.4 Å². The lowest BCUT2D eigenvalue weighted by Gasteiger charge is -2.07. The number of nitrogens with one attached hydrogen (secondary N) is 1. The quantitative estimate of drug-likeness (QED) is 0.619. The van der Waals surface area contributed by atoms with Crippen molar-refractivity contribution in [2.24, 2.45) is 0 Å². The van der Waals surface area contributed by atoms with Crippen molar-refractivity contribution in [1.29, 1.82) is 0 Å². The molecule has 1 N–H and O–H groups in total. The molecule has 0 spiro atoms. The highest BCUT2D eigenvalue weighted by Gasteiger charge is 2.10. The van der Waals surface area contributed by atoms with Crippen LogP contribution in [0.15, 0.2) is 53.1 Å². The lowest BCUT2D eigenvalue weighted by atomic mass is 10.1. The number of nitrogens with zero attached hydrogens (tertiary/aromatic N) is 2. The Labute approximate surface area is 158 Å². The van der Waals surface area contributed by atoms with Crippen molar-refractivity contribution in [2.75, 3.05) is 13.2 Å². The SMILES string of the molecule is Cc1ccc(-c2noc(CCC(=O)NCCOc3cccc(C)c3)n2)cc1. The maximum Gasteiger partial charge on any atom is 0.227 e. The highest BCUT2D eigenvalue weighted by Crippen LogP contribution is 2.16. The largest absolute Gasteiger partial charge is 0.492 e. The molecule has 1 heterocycles. The molecule has 3 rings (SSSR count). The fraction of sp³-hybridized carbons (Fsp3) is 0.286. The van der Waals surface area contributed by atoms with E-state index in [1.165, 1.54) is 5.56 Å². The van der Waals surface area contributed by atoms with Crippen LogP contribution >= 0.6 is 0 Å². The summed E-state index contributed by atoms with van der Waals surface area (Å²) in [5.74, 6) is 1.73. The van der Waals surface area contributed by atoms with Crippen molar-refractivity contribution in [3.05, 3.63) is 65.5 Å². The summed E-state index contributed by atoms with van der Waals surface area (Å²) < 4.78 is 10.8. The highest BCUT2D eigenvalue weighted by molar-refractivity contribution is 5.76. The summed E-state index contributed by atoms with van der Waals surface area (Å²) in [5.41, 5.74) is 3.21. The topological polar surface area (TPSA) is 77.2 Å². The number of aryl methyl sites for hydroxylation is 3. The van der Waals surface area contributed by atoms with Crippen molar-refractivity contribution in [3.63, 3.8) is 0 Å².